The van der Waals surface area contributed by atoms with E-state index in [4.69, 9.17) is 15.0 Å². The molecule has 1 atom stereocenters. The first-order chi connectivity index (χ1) is 10.2. The van der Waals surface area contributed by atoms with Crippen LogP contribution in [-0.4, -0.2) is 17.3 Å². The van der Waals surface area contributed by atoms with Gasteiger partial charge < -0.3 is 15.0 Å². The van der Waals surface area contributed by atoms with E-state index in [-0.39, 0.29) is 11.6 Å². The average Bonchev–Trinajstić information content (AvgIpc) is 3.18. The molecule has 1 fully saturated rings. The van der Waals surface area contributed by atoms with Crippen molar-refractivity contribution in [2.45, 2.75) is 43.7 Å². The lowest BCUT2D eigenvalue weighted by atomic mass is 10.0. The molecule has 112 valence electrons. The molecule has 1 aliphatic carbocycles. The van der Waals surface area contributed by atoms with Crippen molar-refractivity contribution >= 4 is 0 Å². The number of nitrogens with two attached hydrogens (primary N) is 1. The van der Waals surface area contributed by atoms with Gasteiger partial charge in [0, 0.05) is 7.11 Å². The second-order valence-electron chi connectivity index (χ2n) is 5.66. The van der Waals surface area contributed by atoms with Crippen LogP contribution in [0, 0.1) is 0 Å². The highest BCUT2D eigenvalue weighted by Gasteiger charge is 2.40. The van der Waals surface area contributed by atoms with E-state index in [2.05, 4.69) is 10.1 Å². The maximum atomic E-state index is 6.19. The van der Waals surface area contributed by atoms with E-state index in [1.165, 1.54) is 0 Å². The Labute approximate surface area is 124 Å². The lowest BCUT2D eigenvalue weighted by molar-refractivity contribution is -0.0178. The zero-order chi connectivity index (χ0) is 14.7. The van der Waals surface area contributed by atoms with Crippen molar-refractivity contribution in [2.75, 3.05) is 7.11 Å². The summed E-state index contributed by atoms with van der Waals surface area (Å²) in [5.74, 6) is 1.12. The molecule has 1 aliphatic rings. The van der Waals surface area contributed by atoms with Crippen molar-refractivity contribution in [2.24, 2.45) is 5.73 Å². The minimum atomic E-state index is -0.381. The first-order valence-corrected chi connectivity index (χ1v) is 7.42. The van der Waals surface area contributed by atoms with Crippen LogP contribution in [0.25, 0.3) is 0 Å². The van der Waals surface area contributed by atoms with Gasteiger partial charge in [-0.2, -0.15) is 4.98 Å². The van der Waals surface area contributed by atoms with Crippen molar-refractivity contribution < 1.29 is 9.26 Å². The average molecular weight is 287 g/mol. The van der Waals surface area contributed by atoms with Crippen molar-refractivity contribution in [1.29, 1.82) is 0 Å². The SMILES string of the molecule is COC1(c2noc([C@H](N)Cc3ccccc3)n2)CCCC1. The topological polar surface area (TPSA) is 74.2 Å². The minimum absolute atomic E-state index is 0.288. The van der Waals surface area contributed by atoms with Crippen LogP contribution in [0.3, 0.4) is 0 Å². The fourth-order valence-corrected chi connectivity index (χ4v) is 2.99. The van der Waals surface area contributed by atoms with E-state index >= 15 is 0 Å². The molecule has 1 aromatic carbocycles. The van der Waals surface area contributed by atoms with Gasteiger partial charge in [-0.15, -0.1) is 0 Å². The highest BCUT2D eigenvalue weighted by atomic mass is 16.5. The van der Waals surface area contributed by atoms with Crippen LogP contribution in [0.5, 0.6) is 0 Å². The molecule has 0 spiro atoms. The standard InChI is InChI=1S/C16H21N3O2/c1-20-16(9-5-6-10-16)15-18-14(21-19-15)13(17)11-12-7-3-2-4-8-12/h2-4,7-8,13H,5-6,9-11,17H2,1H3/t13-/m1/s1. The summed E-state index contributed by atoms with van der Waals surface area (Å²) >= 11 is 0. The van der Waals surface area contributed by atoms with Gasteiger partial charge in [-0.3, -0.25) is 0 Å². The van der Waals surface area contributed by atoms with Crippen molar-refractivity contribution in [3.8, 4) is 0 Å². The van der Waals surface area contributed by atoms with Crippen LogP contribution in [-0.2, 0) is 16.8 Å². The van der Waals surface area contributed by atoms with Crippen molar-refractivity contribution in [1.82, 2.24) is 10.1 Å². The summed E-state index contributed by atoms with van der Waals surface area (Å²) in [6.07, 6.45) is 4.83. The molecule has 0 aliphatic heterocycles. The van der Waals surface area contributed by atoms with E-state index < -0.39 is 0 Å². The largest absolute Gasteiger partial charge is 0.370 e. The molecule has 2 aromatic rings. The fraction of sp³-hybridized carbons (Fsp3) is 0.500. The van der Waals surface area contributed by atoms with E-state index in [9.17, 15) is 0 Å². The van der Waals surface area contributed by atoms with E-state index in [1.54, 1.807) is 7.11 Å². The van der Waals surface area contributed by atoms with E-state index in [0.717, 1.165) is 31.2 Å². The summed E-state index contributed by atoms with van der Waals surface area (Å²) in [6, 6.07) is 9.79. The molecule has 5 nitrogen and oxygen atoms in total. The predicted octanol–water partition coefficient (Wildman–Crippen LogP) is 2.73. The van der Waals surface area contributed by atoms with Crippen molar-refractivity contribution in [3.63, 3.8) is 0 Å². The minimum Gasteiger partial charge on any atom is -0.370 e. The van der Waals surface area contributed by atoms with Crippen LogP contribution in [0.4, 0.5) is 0 Å². The van der Waals surface area contributed by atoms with Gasteiger partial charge in [0.25, 0.3) is 0 Å². The molecular formula is C16H21N3O2. The predicted molar refractivity (Wildman–Crippen MR) is 78.5 cm³/mol. The van der Waals surface area contributed by atoms with Crippen molar-refractivity contribution in [3.05, 3.63) is 47.6 Å². The summed E-state index contributed by atoms with van der Waals surface area (Å²) in [6.45, 7) is 0. The van der Waals surface area contributed by atoms with Gasteiger partial charge in [-0.05, 0) is 37.7 Å². The number of rotatable bonds is 5. The Hall–Kier alpha value is -1.72. The van der Waals surface area contributed by atoms with Crippen LogP contribution in [0.15, 0.2) is 34.9 Å². The Morgan fingerprint density at radius 1 is 1.29 bits per heavy atom. The molecule has 1 aromatic heterocycles. The second-order valence-corrected chi connectivity index (χ2v) is 5.66. The summed E-state index contributed by atoms with van der Waals surface area (Å²) in [5.41, 5.74) is 6.97. The lowest BCUT2D eigenvalue weighted by Gasteiger charge is -2.22. The Morgan fingerprint density at radius 2 is 2.00 bits per heavy atom. The third-order valence-corrected chi connectivity index (χ3v) is 4.27. The maximum absolute atomic E-state index is 6.19. The van der Waals surface area contributed by atoms with Gasteiger partial charge >= 0.3 is 0 Å². The molecule has 3 rings (SSSR count). The first-order valence-electron chi connectivity index (χ1n) is 7.42. The van der Waals surface area contributed by atoms with Gasteiger partial charge in [-0.1, -0.05) is 35.5 Å². The Balaban J connectivity index is 1.75. The smallest absolute Gasteiger partial charge is 0.244 e. The van der Waals surface area contributed by atoms with Gasteiger partial charge in [0.05, 0.1) is 6.04 Å². The molecule has 1 heterocycles. The quantitative estimate of drug-likeness (QED) is 0.915. The number of aromatic nitrogens is 2. The fourth-order valence-electron chi connectivity index (χ4n) is 2.99. The molecule has 0 bridgehead atoms. The highest BCUT2D eigenvalue weighted by Crippen LogP contribution is 2.40. The highest BCUT2D eigenvalue weighted by molar-refractivity contribution is 5.17. The second kappa shape index (κ2) is 5.95. The van der Waals surface area contributed by atoms with Crippen LogP contribution >= 0.6 is 0 Å². The summed E-state index contributed by atoms with van der Waals surface area (Å²) in [4.78, 5) is 4.50. The summed E-state index contributed by atoms with van der Waals surface area (Å²) < 4.78 is 11.0. The van der Waals surface area contributed by atoms with E-state index in [0.29, 0.717) is 18.1 Å². The van der Waals surface area contributed by atoms with Crippen LogP contribution in [0.2, 0.25) is 0 Å². The van der Waals surface area contributed by atoms with Crippen LogP contribution in [0.1, 0.15) is 49.0 Å². The number of hydrogen-bond acceptors (Lipinski definition) is 5. The number of nitrogens with zero attached hydrogens (tertiary/aromatic N) is 2. The number of methoxy groups -OCH3 is 1. The molecule has 2 N–H and O–H groups in total. The Morgan fingerprint density at radius 3 is 2.67 bits per heavy atom. The van der Waals surface area contributed by atoms with Crippen LogP contribution < -0.4 is 5.73 Å². The molecule has 0 amide bonds. The molecule has 0 radical (unpaired) electrons. The molecule has 0 saturated heterocycles. The van der Waals surface area contributed by atoms with Gasteiger partial charge in [0.2, 0.25) is 11.7 Å². The molecule has 0 unspecified atom stereocenters. The number of ether oxygens (including phenoxy) is 1. The molecule has 5 heteroatoms. The normalized spacial score (nSPS) is 18.8. The summed E-state index contributed by atoms with van der Waals surface area (Å²) in [7, 11) is 1.71. The Kier molecular flexibility index (Phi) is 4.03. The molecule has 21 heavy (non-hydrogen) atoms. The Bertz CT molecular complexity index is 576. The monoisotopic (exact) mass is 287 g/mol. The maximum Gasteiger partial charge on any atom is 0.244 e. The molecule has 1 saturated carbocycles. The van der Waals surface area contributed by atoms with E-state index in [1.807, 2.05) is 30.3 Å². The first kappa shape index (κ1) is 14.2. The number of hydrogen-bond donors (Lipinski definition) is 1. The van der Waals surface area contributed by atoms with Gasteiger partial charge in [-0.25, -0.2) is 0 Å². The zero-order valence-corrected chi connectivity index (χ0v) is 12.3. The molecular weight excluding hydrogens is 266 g/mol. The summed E-state index contributed by atoms with van der Waals surface area (Å²) in [5, 5.41) is 4.11. The number of benzene rings is 1. The van der Waals surface area contributed by atoms with Gasteiger partial charge in [0.15, 0.2) is 0 Å². The third kappa shape index (κ3) is 2.84. The van der Waals surface area contributed by atoms with Gasteiger partial charge in [0.1, 0.15) is 5.60 Å². The third-order valence-electron chi connectivity index (χ3n) is 4.27. The lowest BCUT2D eigenvalue weighted by Crippen LogP contribution is -2.26. The zero-order valence-electron chi connectivity index (χ0n) is 12.3.